The Hall–Kier alpha value is -0.670. The maximum Gasteiger partial charge on any atom is 0.255 e. The average Bonchev–Trinajstić information content (AvgIpc) is 2.49. The number of piperazine rings is 1. The fraction of sp³-hybridized carbons (Fsp3) is 0.429. The molecule has 0 atom stereocenters. The van der Waals surface area contributed by atoms with Crippen molar-refractivity contribution in [2.24, 2.45) is 0 Å². The van der Waals surface area contributed by atoms with Gasteiger partial charge in [0.25, 0.3) is 5.91 Å². The second-order valence-corrected chi connectivity index (χ2v) is 6.83. The van der Waals surface area contributed by atoms with Gasteiger partial charge in [0.05, 0.1) is 5.56 Å². The highest BCUT2D eigenvalue weighted by molar-refractivity contribution is 14.1. The Balaban J connectivity index is 2.00. The number of hydrogen-bond acceptors (Lipinski definition) is 3. The maximum atomic E-state index is 12.5. The van der Waals surface area contributed by atoms with Gasteiger partial charge in [-0.1, -0.05) is 0 Å². The van der Waals surface area contributed by atoms with Crippen molar-refractivity contribution >= 4 is 50.3 Å². The van der Waals surface area contributed by atoms with E-state index >= 15 is 0 Å². The number of carbonyl (C=O) groups is 2. The SMILES string of the molecule is COCC(=O)N1CCN(C(=O)c2cc(I)ccc2Br)CC1. The summed E-state index contributed by atoms with van der Waals surface area (Å²) in [6, 6.07) is 5.70. The third-order valence-corrected chi connectivity index (χ3v) is 4.71. The summed E-state index contributed by atoms with van der Waals surface area (Å²) in [5.74, 6) is -0.0285. The second-order valence-electron chi connectivity index (χ2n) is 4.73. The number of amides is 2. The molecule has 1 fully saturated rings. The second kappa shape index (κ2) is 7.55. The fourth-order valence-electron chi connectivity index (χ4n) is 2.21. The summed E-state index contributed by atoms with van der Waals surface area (Å²) in [5.41, 5.74) is 0.665. The molecule has 0 aromatic heterocycles. The first-order valence-corrected chi connectivity index (χ1v) is 8.41. The zero-order valence-corrected chi connectivity index (χ0v) is 15.4. The van der Waals surface area contributed by atoms with Gasteiger partial charge in [-0.15, -0.1) is 0 Å². The van der Waals surface area contributed by atoms with E-state index in [-0.39, 0.29) is 18.4 Å². The molecule has 1 aromatic carbocycles. The van der Waals surface area contributed by atoms with Crippen molar-refractivity contribution in [2.45, 2.75) is 0 Å². The number of nitrogens with zero attached hydrogens (tertiary/aromatic N) is 2. The third kappa shape index (κ3) is 4.17. The molecule has 21 heavy (non-hydrogen) atoms. The first-order chi connectivity index (χ1) is 10.0. The van der Waals surface area contributed by atoms with E-state index in [9.17, 15) is 9.59 Å². The highest BCUT2D eigenvalue weighted by atomic mass is 127. The van der Waals surface area contributed by atoms with Gasteiger partial charge < -0.3 is 14.5 Å². The van der Waals surface area contributed by atoms with E-state index in [1.807, 2.05) is 18.2 Å². The number of benzene rings is 1. The van der Waals surface area contributed by atoms with Gasteiger partial charge in [-0.2, -0.15) is 0 Å². The number of rotatable bonds is 3. The lowest BCUT2D eigenvalue weighted by Crippen LogP contribution is -2.51. The highest BCUT2D eigenvalue weighted by Crippen LogP contribution is 2.21. The molecule has 0 bridgehead atoms. The zero-order chi connectivity index (χ0) is 15.4. The van der Waals surface area contributed by atoms with Crippen molar-refractivity contribution in [3.8, 4) is 0 Å². The lowest BCUT2D eigenvalue weighted by Gasteiger charge is -2.34. The lowest BCUT2D eigenvalue weighted by atomic mass is 10.2. The molecule has 1 saturated heterocycles. The van der Waals surface area contributed by atoms with Crippen LogP contribution in [0.1, 0.15) is 10.4 Å². The van der Waals surface area contributed by atoms with Gasteiger partial charge >= 0.3 is 0 Å². The van der Waals surface area contributed by atoms with E-state index in [0.29, 0.717) is 31.7 Å². The lowest BCUT2D eigenvalue weighted by molar-refractivity contribution is -0.136. The Labute approximate surface area is 145 Å². The van der Waals surface area contributed by atoms with Crippen molar-refractivity contribution < 1.29 is 14.3 Å². The van der Waals surface area contributed by atoms with Gasteiger partial charge in [0.1, 0.15) is 6.61 Å². The Bertz CT molecular complexity index is 545. The molecule has 1 heterocycles. The Kier molecular flexibility index (Phi) is 6.00. The van der Waals surface area contributed by atoms with Crippen LogP contribution in [0.3, 0.4) is 0 Å². The van der Waals surface area contributed by atoms with E-state index in [1.54, 1.807) is 9.80 Å². The molecular formula is C14H16BrIN2O3. The number of ether oxygens (including phenoxy) is 1. The van der Waals surface area contributed by atoms with Gasteiger partial charge in [0.2, 0.25) is 5.91 Å². The maximum absolute atomic E-state index is 12.5. The van der Waals surface area contributed by atoms with Crippen LogP contribution in [0.15, 0.2) is 22.7 Å². The molecule has 2 rings (SSSR count). The number of carbonyl (C=O) groups excluding carboxylic acids is 2. The van der Waals surface area contributed by atoms with Crippen molar-refractivity contribution in [3.63, 3.8) is 0 Å². The summed E-state index contributed by atoms with van der Waals surface area (Å²) in [7, 11) is 1.51. The highest BCUT2D eigenvalue weighted by Gasteiger charge is 2.25. The molecule has 2 amide bonds. The van der Waals surface area contributed by atoms with E-state index in [0.717, 1.165) is 8.04 Å². The van der Waals surface area contributed by atoms with Crippen molar-refractivity contribution in [1.29, 1.82) is 0 Å². The van der Waals surface area contributed by atoms with Gasteiger partial charge in [0, 0.05) is 41.3 Å². The molecule has 114 valence electrons. The molecule has 0 saturated carbocycles. The standard InChI is InChI=1S/C14H16BrIN2O3/c1-21-9-13(19)17-4-6-18(7-5-17)14(20)11-8-10(16)2-3-12(11)15/h2-3,8H,4-7,9H2,1H3. The molecule has 0 unspecified atom stereocenters. The van der Waals surface area contributed by atoms with Crippen LogP contribution in [0.2, 0.25) is 0 Å². The zero-order valence-electron chi connectivity index (χ0n) is 11.6. The summed E-state index contributed by atoms with van der Waals surface area (Å²) in [6.07, 6.45) is 0. The Morgan fingerprint density at radius 2 is 1.86 bits per heavy atom. The monoisotopic (exact) mass is 466 g/mol. The van der Waals surface area contributed by atoms with Crippen molar-refractivity contribution in [3.05, 3.63) is 31.8 Å². The topological polar surface area (TPSA) is 49.9 Å². The third-order valence-electron chi connectivity index (χ3n) is 3.35. The van der Waals surface area contributed by atoms with Crippen LogP contribution in [0.25, 0.3) is 0 Å². The van der Waals surface area contributed by atoms with Gasteiger partial charge in [-0.05, 0) is 56.7 Å². The largest absolute Gasteiger partial charge is 0.375 e. The van der Waals surface area contributed by atoms with Crippen molar-refractivity contribution in [2.75, 3.05) is 39.9 Å². The minimum atomic E-state index is -0.0277. The molecule has 0 spiro atoms. The normalized spacial score (nSPS) is 15.2. The van der Waals surface area contributed by atoms with Crippen LogP contribution in [-0.2, 0) is 9.53 Å². The van der Waals surface area contributed by atoms with Crippen molar-refractivity contribution in [1.82, 2.24) is 9.80 Å². The van der Waals surface area contributed by atoms with Gasteiger partial charge in [-0.25, -0.2) is 0 Å². The first kappa shape index (κ1) is 16.7. The first-order valence-electron chi connectivity index (χ1n) is 6.54. The van der Waals surface area contributed by atoms with Crippen LogP contribution >= 0.6 is 38.5 Å². The quantitative estimate of drug-likeness (QED) is 0.640. The Morgan fingerprint density at radius 1 is 1.24 bits per heavy atom. The molecule has 7 heteroatoms. The summed E-state index contributed by atoms with van der Waals surface area (Å²) in [4.78, 5) is 27.8. The van der Waals surface area contributed by atoms with E-state index in [4.69, 9.17) is 4.74 Å². The molecule has 0 aliphatic carbocycles. The van der Waals surface area contributed by atoms with Crippen LogP contribution < -0.4 is 0 Å². The number of hydrogen-bond donors (Lipinski definition) is 0. The van der Waals surface area contributed by atoms with E-state index < -0.39 is 0 Å². The van der Waals surface area contributed by atoms with Crippen LogP contribution in [-0.4, -0.2) is 61.5 Å². The molecule has 1 aromatic rings. The summed E-state index contributed by atoms with van der Waals surface area (Å²) < 4.78 is 6.67. The fourth-order valence-corrected chi connectivity index (χ4v) is 3.11. The molecule has 0 N–H and O–H groups in total. The molecular weight excluding hydrogens is 451 g/mol. The minimum Gasteiger partial charge on any atom is -0.375 e. The van der Waals surface area contributed by atoms with Gasteiger partial charge in [0.15, 0.2) is 0 Å². The van der Waals surface area contributed by atoms with Gasteiger partial charge in [-0.3, -0.25) is 9.59 Å². The van der Waals surface area contributed by atoms with Crippen LogP contribution in [0, 0.1) is 3.57 Å². The summed E-state index contributed by atoms with van der Waals surface area (Å²) in [5, 5.41) is 0. The average molecular weight is 467 g/mol. The Morgan fingerprint density at radius 3 is 2.48 bits per heavy atom. The minimum absolute atomic E-state index is 0.000712. The number of halogens is 2. The summed E-state index contributed by atoms with van der Waals surface area (Å²) >= 11 is 5.61. The molecule has 5 nitrogen and oxygen atoms in total. The molecule has 0 radical (unpaired) electrons. The smallest absolute Gasteiger partial charge is 0.255 e. The van der Waals surface area contributed by atoms with Crippen LogP contribution in [0.4, 0.5) is 0 Å². The summed E-state index contributed by atoms with van der Waals surface area (Å²) in [6.45, 7) is 2.29. The molecule has 1 aliphatic rings. The predicted octanol–water partition coefficient (Wildman–Crippen LogP) is 1.98. The predicted molar refractivity (Wildman–Crippen MR) is 91.2 cm³/mol. The van der Waals surface area contributed by atoms with Crippen LogP contribution in [0.5, 0.6) is 0 Å². The van der Waals surface area contributed by atoms with E-state index in [2.05, 4.69) is 38.5 Å². The number of methoxy groups -OCH3 is 1. The van der Waals surface area contributed by atoms with E-state index in [1.165, 1.54) is 7.11 Å². The molecule has 1 aliphatic heterocycles.